The van der Waals surface area contributed by atoms with Gasteiger partial charge < -0.3 is 16.2 Å². The average Bonchev–Trinajstić information content (AvgIpc) is 2.29. The second kappa shape index (κ2) is 6.45. The summed E-state index contributed by atoms with van der Waals surface area (Å²) >= 11 is 0. The summed E-state index contributed by atoms with van der Waals surface area (Å²) < 4.78 is 18.1. The van der Waals surface area contributed by atoms with Gasteiger partial charge in [0.1, 0.15) is 11.6 Å². The molecule has 0 bridgehead atoms. The van der Waals surface area contributed by atoms with Crippen molar-refractivity contribution in [3.63, 3.8) is 0 Å². The van der Waals surface area contributed by atoms with E-state index in [9.17, 15) is 4.39 Å². The third-order valence-corrected chi connectivity index (χ3v) is 2.56. The minimum Gasteiger partial charge on any atom is -0.496 e. The molecule has 0 radical (unpaired) electrons. The Morgan fingerprint density at radius 2 is 2.12 bits per heavy atom. The van der Waals surface area contributed by atoms with E-state index in [1.54, 1.807) is 6.07 Å². The summed E-state index contributed by atoms with van der Waals surface area (Å²) in [7, 11) is 1.52. The Morgan fingerprint density at radius 3 is 2.75 bits per heavy atom. The quantitative estimate of drug-likeness (QED) is 0.729. The summed E-state index contributed by atoms with van der Waals surface area (Å²) in [5.74, 6) is 0.204. The van der Waals surface area contributed by atoms with Crippen LogP contribution in [0.1, 0.15) is 30.9 Å². The van der Waals surface area contributed by atoms with Gasteiger partial charge in [-0.3, -0.25) is 0 Å². The molecule has 0 amide bonds. The van der Waals surface area contributed by atoms with Crippen molar-refractivity contribution >= 4 is 0 Å². The predicted molar refractivity (Wildman–Crippen MR) is 62.8 cm³/mol. The molecule has 0 saturated heterocycles. The molecule has 90 valence electrons. The van der Waals surface area contributed by atoms with Gasteiger partial charge in [-0.2, -0.15) is 0 Å². The molecule has 1 atom stereocenters. The molecule has 4 N–H and O–H groups in total. The van der Waals surface area contributed by atoms with E-state index in [1.807, 2.05) is 0 Å². The summed E-state index contributed by atoms with van der Waals surface area (Å²) in [5, 5.41) is 0. The smallest absolute Gasteiger partial charge is 0.126 e. The van der Waals surface area contributed by atoms with Gasteiger partial charge in [-0.05, 0) is 25.5 Å². The van der Waals surface area contributed by atoms with E-state index in [0.29, 0.717) is 12.3 Å². The summed E-state index contributed by atoms with van der Waals surface area (Å²) in [6.45, 7) is 0.674. The first-order valence-electron chi connectivity index (χ1n) is 5.48. The third kappa shape index (κ3) is 3.47. The van der Waals surface area contributed by atoms with Crippen molar-refractivity contribution in [3.8, 4) is 5.75 Å². The molecule has 0 aliphatic heterocycles. The highest BCUT2D eigenvalue weighted by atomic mass is 19.1. The van der Waals surface area contributed by atoms with Gasteiger partial charge >= 0.3 is 0 Å². The lowest BCUT2D eigenvalue weighted by Gasteiger charge is -2.15. The fourth-order valence-electron chi connectivity index (χ4n) is 1.66. The zero-order valence-electron chi connectivity index (χ0n) is 9.58. The molecule has 1 aromatic carbocycles. The molecule has 0 aliphatic carbocycles. The summed E-state index contributed by atoms with van der Waals surface area (Å²) in [4.78, 5) is 0. The van der Waals surface area contributed by atoms with E-state index in [0.717, 1.165) is 24.8 Å². The fourth-order valence-corrected chi connectivity index (χ4v) is 1.66. The molecule has 0 aromatic heterocycles. The molecule has 1 rings (SSSR count). The Kier molecular flexibility index (Phi) is 5.22. The van der Waals surface area contributed by atoms with Crippen molar-refractivity contribution < 1.29 is 9.13 Å². The van der Waals surface area contributed by atoms with Crippen LogP contribution in [0, 0.1) is 5.82 Å². The number of hydrogen-bond donors (Lipinski definition) is 2. The largest absolute Gasteiger partial charge is 0.496 e. The van der Waals surface area contributed by atoms with Crippen molar-refractivity contribution in [2.24, 2.45) is 11.5 Å². The normalized spacial score (nSPS) is 12.5. The molecule has 16 heavy (non-hydrogen) atoms. The number of ether oxygens (including phenoxy) is 1. The number of nitrogens with two attached hydrogens (primary N) is 2. The minimum absolute atomic E-state index is 0.123. The highest BCUT2D eigenvalue weighted by Crippen LogP contribution is 2.27. The number of methoxy groups -OCH3 is 1. The van der Waals surface area contributed by atoms with Crippen LogP contribution in [0.3, 0.4) is 0 Å². The van der Waals surface area contributed by atoms with Gasteiger partial charge in [-0.15, -0.1) is 0 Å². The second-order valence-electron chi connectivity index (χ2n) is 3.78. The average molecular weight is 226 g/mol. The maximum atomic E-state index is 13.0. The van der Waals surface area contributed by atoms with Crippen molar-refractivity contribution in [1.29, 1.82) is 0 Å². The lowest BCUT2D eigenvalue weighted by atomic mass is 10.0. The first kappa shape index (κ1) is 12.9. The van der Waals surface area contributed by atoms with E-state index >= 15 is 0 Å². The van der Waals surface area contributed by atoms with Crippen LogP contribution < -0.4 is 16.2 Å². The standard InChI is InChI=1S/C12H19FN2O/c1-16-12-8-9(13)5-6-10(12)11(15)4-2-3-7-14/h5-6,8,11H,2-4,7,14-15H2,1H3/t11-/m0/s1. The van der Waals surface area contributed by atoms with Crippen LogP contribution >= 0.6 is 0 Å². The summed E-state index contributed by atoms with van der Waals surface area (Å²) in [6, 6.07) is 4.32. The van der Waals surface area contributed by atoms with E-state index in [-0.39, 0.29) is 11.9 Å². The van der Waals surface area contributed by atoms with Gasteiger partial charge in [0.25, 0.3) is 0 Å². The number of unbranched alkanes of at least 4 members (excludes halogenated alkanes) is 1. The topological polar surface area (TPSA) is 61.3 Å². The van der Waals surface area contributed by atoms with Crippen LogP contribution in [-0.4, -0.2) is 13.7 Å². The van der Waals surface area contributed by atoms with Crippen LogP contribution in [0.4, 0.5) is 4.39 Å². The van der Waals surface area contributed by atoms with Gasteiger partial charge in [0.05, 0.1) is 7.11 Å². The van der Waals surface area contributed by atoms with Crippen LogP contribution in [0.2, 0.25) is 0 Å². The van der Waals surface area contributed by atoms with Gasteiger partial charge in [0, 0.05) is 17.7 Å². The molecule has 0 heterocycles. The molecule has 4 heteroatoms. The molecule has 0 saturated carbocycles. The molecule has 0 fully saturated rings. The van der Waals surface area contributed by atoms with Gasteiger partial charge in [0.2, 0.25) is 0 Å². The molecule has 1 aromatic rings. The van der Waals surface area contributed by atoms with Crippen LogP contribution in [0.25, 0.3) is 0 Å². The number of rotatable bonds is 6. The van der Waals surface area contributed by atoms with E-state index in [2.05, 4.69) is 0 Å². The Hall–Kier alpha value is -1.13. The fraction of sp³-hybridized carbons (Fsp3) is 0.500. The molecular weight excluding hydrogens is 207 g/mol. The summed E-state index contributed by atoms with van der Waals surface area (Å²) in [6.07, 6.45) is 2.76. The van der Waals surface area contributed by atoms with E-state index in [4.69, 9.17) is 16.2 Å². The highest BCUT2D eigenvalue weighted by Gasteiger charge is 2.12. The van der Waals surface area contributed by atoms with Crippen LogP contribution in [0.5, 0.6) is 5.75 Å². The predicted octanol–water partition coefficient (Wildman–Crippen LogP) is 1.96. The molecule has 3 nitrogen and oxygen atoms in total. The van der Waals surface area contributed by atoms with E-state index in [1.165, 1.54) is 19.2 Å². The first-order chi connectivity index (χ1) is 7.69. The SMILES string of the molecule is COc1cc(F)ccc1[C@@H](N)CCCCN. The number of benzene rings is 1. The number of halogens is 1. The monoisotopic (exact) mass is 226 g/mol. The molecule has 0 aliphatic rings. The molecular formula is C12H19FN2O. The highest BCUT2D eigenvalue weighted by molar-refractivity contribution is 5.36. The lowest BCUT2D eigenvalue weighted by molar-refractivity contribution is 0.400. The lowest BCUT2D eigenvalue weighted by Crippen LogP contribution is -2.12. The van der Waals surface area contributed by atoms with Crippen LogP contribution in [0.15, 0.2) is 18.2 Å². The molecule has 0 unspecified atom stereocenters. The van der Waals surface area contributed by atoms with Crippen molar-refractivity contribution in [1.82, 2.24) is 0 Å². The Bertz CT molecular complexity index is 331. The zero-order valence-corrected chi connectivity index (χ0v) is 9.58. The third-order valence-electron chi connectivity index (χ3n) is 2.56. The Balaban J connectivity index is 2.70. The molecule has 0 spiro atoms. The second-order valence-corrected chi connectivity index (χ2v) is 3.78. The van der Waals surface area contributed by atoms with Gasteiger partial charge in [-0.25, -0.2) is 4.39 Å². The van der Waals surface area contributed by atoms with Crippen LogP contribution in [-0.2, 0) is 0 Å². The maximum Gasteiger partial charge on any atom is 0.126 e. The Morgan fingerprint density at radius 1 is 1.38 bits per heavy atom. The van der Waals surface area contributed by atoms with E-state index < -0.39 is 0 Å². The van der Waals surface area contributed by atoms with Gasteiger partial charge in [0.15, 0.2) is 0 Å². The maximum absolute atomic E-state index is 13.0. The zero-order chi connectivity index (χ0) is 12.0. The first-order valence-corrected chi connectivity index (χ1v) is 5.48. The number of hydrogen-bond acceptors (Lipinski definition) is 3. The van der Waals surface area contributed by atoms with Crippen molar-refractivity contribution in [2.75, 3.05) is 13.7 Å². The van der Waals surface area contributed by atoms with Gasteiger partial charge in [-0.1, -0.05) is 12.5 Å². The summed E-state index contributed by atoms with van der Waals surface area (Å²) in [5.41, 5.74) is 12.3. The Labute approximate surface area is 95.6 Å². The minimum atomic E-state index is -0.310. The van der Waals surface area contributed by atoms with Crippen molar-refractivity contribution in [3.05, 3.63) is 29.6 Å². The van der Waals surface area contributed by atoms with Crippen molar-refractivity contribution in [2.45, 2.75) is 25.3 Å².